The van der Waals surface area contributed by atoms with E-state index in [1.165, 1.54) is 0 Å². The summed E-state index contributed by atoms with van der Waals surface area (Å²) >= 11 is 0. The third-order valence-corrected chi connectivity index (χ3v) is 6.36. The monoisotopic (exact) mass is 432 g/mol. The lowest BCUT2D eigenvalue weighted by Gasteiger charge is -2.21. The lowest BCUT2D eigenvalue weighted by atomic mass is 9.86. The van der Waals surface area contributed by atoms with E-state index in [-0.39, 0.29) is 30.5 Å². The molecule has 1 saturated heterocycles. The van der Waals surface area contributed by atoms with Crippen LogP contribution in [0.4, 0.5) is 0 Å². The Bertz CT molecular complexity index is 691. The Hall–Kier alpha value is -1.89. The second-order valence-electron chi connectivity index (χ2n) is 8.63. The minimum absolute atomic E-state index is 0.0188. The molecule has 0 spiro atoms. The maximum Gasteiger partial charge on any atom is 0.305 e. The highest BCUT2D eigenvalue weighted by Gasteiger charge is 2.43. The van der Waals surface area contributed by atoms with E-state index in [2.05, 4.69) is 0 Å². The van der Waals surface area contributed by atoms with Gasteiger partial charge >= 0.3 is 5.97 Å². The van der Waals surface area contributed by atoms with Crippen LogP contribution in [0.15, 0.2) is 42.5 Å². The fraction of sp³-hybridized carbons (Fsp3) is 0.640. The molecular weight excluding hydrogens is 396 g/mol. The number of aliphatic hydroxyl groups excluding tert-OH is 2. The van der Waals surface area contributed by atoms with E-state index in [1.807, 2.05) is 43.3 Å². The van der Waals surface area contributed by atoms with Crippen LogP contribution >= 0.6 is 0 Å². The summed E-state index contributed by atoms with van der Waals surface area (Å²) < 4.78 is 16.8. The van der Waals surface area contributed by atoms with Crippen molar-refractivity contribution in [3.05, 3.63) is 42.5 Å². The molecule has 2 fully saturated rings. The van der Waals surface area contributed by atoms with Gasteiger partial charge in [0.2, 0.25) is 0 Å². The molecule has 0 aromatic heterocycles. The lowest BCUT2D eigenvalue weighted by molar-refractivity contribution is -0.143. The molecule has 1 aromatic rings. The third kappa shape index (κ3) is 7.34. The number of benzene rings is 1. The summed E-state index contributed by atoms with van der Waals surface area (Å²) in [6.45, 7) is 3.11. The molecule has 1 heterocycles. The second kappa shape index (κ2) is 12.2. The predicted octanol–water partition coefficient (Wildman–Crippen LogP) is 3.51. The molecule has 6 atom stereocenters. The minimum Gasteiger partial charge on any atom is -0.491 e. The van der Waals surface area contributed by atoms with Crippen LogP contribution in [0.3, 0.4) is 0 Å². The average Bonchev–Trinajstić information content (AvgIpc) is 2.93. The van der Waals surface area contributed by atoms with Crippen molar-refractivity contribution in [1.82, 2.24) is 0 Å². The van der Waals surface area contributed by atoms with E-state index in [0.717, 1.165) is 31.4 Å². The minimum atomic E-state index is -0.728. The molecule has 1 saturated carbocycles. The summed E-state index contributed by atoms with van der Waals surface area (Å²) in [6, 6.07) is 9.41. The Balaban J connectivity index is 1.45. The molecule has 2 N–H and O–H groups in total. The molecule has 1 aliphatic heterocycles. The largest absolute Gasteiger partial charge is 0.491 e. The number of esters is 1. The molecule has 0 bridgehead atoms. The normalized spacial score (nSPS) is 29.3. The highest BCUT2D eigenvalue weighted by molar-refractivity contribution is 5.69. The van der Waals surface area contributed by atoms with Crippen molar-refractivity contribution in [2.75, 3.05) is 19.8 Å². The molecule has 6 heteroatoms. The molecule has 1 aromatic carbocycles. The molecule has 3 rings (SSSR count). The Morgan fingerprint density at radius 1 is 1.29 bits per heavy atom. The van der Waals surface area contributed by atoms with Crippen LogP contribution in [0.1, 0.15) is 45.4 Å². The van der Waals surface area contributed by atoms with E-state index >= 15 is 0 Å². The van der Waals surface area contributed by atoms with Gasteiger partial charge in [-0.25, -0.2) is 0 Å². The van der Waals surface area contributed by atoms with Crippen molar-refractivity contribution in [2.45, 2.75) is 63.8 Å². The molecule has 172 valence electrons. The summed E-state index contributed by atoms with van der Waals surface area (Å²) in [4.78, 5) is 11.5. The quantitative estimate of drug-likeness (QED) is 0.435. The van der Waals surface area contributed by atoms with Gasteiger partial charge in [-0.3, -0.25) is 4.79 Å². The first-order valence-corrected chi connectivity index (χ1v) is 11.6. The first-order valence-electron chi connectivity index (χ1n) is 11.6. The standard InChI is InChI=1S/C25H36O6/c1-2-29-25(28)10-6-7-18-11-13-22-21(23(27)15-24(22)31-16-18)14-12-19(26)17-30-20-8-4-3-5-9-20/h3-5,8-9,12,14,18-19,21-24,26-27H,2,6-7,10-11,13,15-17H2,1H3/b14-12+/t18-,19-,21-,22-,23-,24+/m1/s1. The second-order valence-corrected chi connectivity index (χ2v) is 8.63. The Kier molecular flexibility index (Phi) is 9.37. The van der Waals surface area contributed by atoms with Gasteiger partial charge in [-0.05, 0) is 56.6 Å². The number of ether oxygens (including phenoxy) is 3. The van der Waals surface area contributed by atoms with E-state index in [1.54, 1.807) is 6.08 Å². The van der Waals surface area contributed by atoms with Gasteiger partial charge in [0.25, 0.3) is 0 Å². The SMILES string of the molecule is CCOC(=O)CCC[C@@H]1CC[C@@H]2[C@@H](/C=C/[C@@H](O)COc3ccccc3)[C@H](O)C[C@@H]2OC1. The maximum atomic E-state index is 11.5. The van der Waals surface area contributed by atoms with Crippen LogP contribution in [0.25, 0.3) is 0 Å². The summed E-state index contributed by atoms with van der Waals surface area (Å²) in [5.74, 6) is 1.27. The van der Waals surface area contributed by atoms with E-state index in [4.69, 9.17) is 14.2 Å². The van der Waals surface area contributed by atoms with Gasteiger partial charge in [0.15, 0.2) is 0 Å². The molecule has 6 nitrogen and oxygen atoms in total. The highest BCUT2D eigenvalue weighted by Crippen LogP contribution is 2.42. The van der Waals surface area contributed by atoms with E-state index < -0.39 is 12.2 Å². The van der Waals surface area contributed by atoms with Gasteiger partial charge in [0, 0.05) is 25.4 Å². The first-order chi connectivity index (χ1) is 15.1. The molecule has 1 aliphatic carbocycles. The zero-order valence-electron chi connectivity index (χ0n) is 18.4. The number of hydrogen-bond donors (Lipinski definition) is 2. The van der Waals surface area contributed by atoms with Crippen molar-refractivity contribution < 1.29 is 29.2 Å². The van der Waals surface area contributed by atoms with Gasteiger partial charge in [-0.2, -0.15) is 0 Å². The molecule has 0 radical (unpaired) electrons. The van der Waals surface area contributed by atoms with Crippen molar-refractivity contribution in [1.29, 1.82) is 0 Å². The molecule has 0 unspecified atom stereocenters. The highest BCUT2D eigenvalue weighted by atomic mass is 16.5. The van der Waals surface area contributed by atoms with Crippen molar-refractivity contribution in [3.63, 3.8) is 0 Å². The van der Waals surface area contributed by atoms with Crippen LogP contribution in [0.2, 0.25) is 0 Å². The molecule has 0 amide bonds. The summed E-state index contributed by atoms with van der Waals surface area (Å²) in [5.41, 5.74) is 0. The number of carbonyl (C=O) groups is 1. The van der Waals surface area contributed by atoms with Crippen LogP contribution in [0, 0.1) is 17.8 Å². The number of carbonyl (C=O) groups excluding carboxylic acids is 1. The summed E-state index contributed by atoms with van der Waals surface area (Å²) in [6.07, 6.45) is 7.44. The number of rotatable bonds is 10. The van der Waals surface area contributed by atoms with Gasteiger partial charge in [0.1, 0.15) is 18.5 Å². The van der Waals surface area contributed by atoms with Crippen LogP contribution in [0.5, 0.6) is 5.75 Å². The van der Waals surface area contributed by atoms with Gasteiger partial charge in [0.05, 0.1) is 18.8 Å². The lowest BCUT2D eigenvalue weighted by Crippen LogP contribution is -2.22. The molecule has 31 heavy (non-hydrogen) atoms. The topological polar surface area (TPSA) is 85.2 Å². The third-order valence-electron chi connectivity index (χ3n) is 6.36. The van der Waals surface area contributed by atoms with Gasteiger partial charge < -0.3 is 24.4 Å². The number of para-hydroxylation sites is 1. The Morgan fingerprint density at radius 3 is 2.87 bits per heavy atom. The van der Waals surface area contributed by atoms with Gasteiger partial charge in [-0.1, -0.05) is 30.4 Å². The van der Waals surface area contributed by atoms with E-state index in [9.17, 15) is 15.0 Å². The number of aliphatic hydroxyl groups is 2. The summed E-state index contributed by atoms with van der Waals surface area (Å²) in [5, 5.41) is 20.8. The zero-order valence-corrected chi connectivity index (χ0v) is 18.4. The smallest absolute Gasteiger partial charge is 0.305 e. The van der Waals surface area contributed by atoms with Crippen molar-refractivity contribution >= 4 is 5.97 Å². The summed E-state index contributed by atoms with van der Waals surface area (Å²) in [7, 11) is 0. The maximum absolute atomic E-state index is 11.5. The molecule has 2 aliphatic rings. The number of hydrogen-bond acceptors (Lipinski definition) is 6. The first kappa shape index (κ1) is 23.8. The van der Waals surface area contributed by atoms with Crippen molar-refractivity contribution in [3.8, 4) is 5.75 Å². The fourth-order valence-corrected chi connectivity index (χ4v) is 4.72. The fourth-order valence-electron chi connectivity index (χ4n) is 4.72. The zero-order chi connectivity index (χ0) is 22.1. The van der Waals surface area contributed by atoms with Crippen molar-refractivity contribution in [2.24, 2.45) is 17.8 Å². The van der Waals surface area contributed by atoms with Gasteiger partial charge in [-0.15, -0.1) is 0 Å². The number of fused-ring (bicyclic) bond motifs is 1. The van der Waals surface area contributed by atoms with Crippen LogP contribution in [-0.2, 0) is 14.3 Å². The Labute approximate surface area is 185 Å². The van der Waals surface area contributed by atoms with E-state index in [0.29, 0.717) is 32.0 Å². The Morgan fingerprint density at radius 2 is 2.10 bits per heavy atom. The van der Waals surface area contributed by atoms with Crippen LogP contribution < -0.4 is 4.74 Å². The molecular formula is C25H36O6. The predicted molar refractivity (Wildman–Crippen MR) is 118 cm³/mol. The average molecular weight is 433 g/mol. The van der Waals surface area contributed by atoms with Crippen LogP contribution in [-0.4, -0.2) is 54.3 Å².